The predicted molar refractivity (Wildman–Crippen MR) is 103 cm³/mol. The summed E-state index contributed by atoms with van der Waals surface area (Å²) in [5, 5.41) is 2.79. The zero-order valence-electron chi connectivity index (χ0n) is 15.2. The molecule has 138 valence electrons. The molecule has 7 heteroatoms. The second kappa shape index (κ2) is 6.75. The molecule has 0 unspecified atom stereocenters. The number of amides is 2. The number of rotatable bonds is 4. The van der Waals surface area contributed by atoms with E-state index in [0.717, 1.165) is 17.8 Å². The molecule has 7 nitrogen and oxygen atoms in total. The molecule has 2 heterocycles. The number of carbonyl (C=O) groups excluding carboxylic acids is 2. The highest BCUT2D eigenvalue weighted by Crippen LogP contribution is 2.32. The van der Waals surface area contributed by atoms with Crippen molar-refractivity contribution in [3.63, 3.8) is 0 Å². The number of hydrogen-bond donors (Lipinski definition) is 1. The van der Waals surface area contributed by atoms with Crippen molar-refractivity contribution in [3.8, 4) is 5.75 Å². The number of aliphatic imine (C=N–C) groups is 1. The molecule has 2 aromatic rings. The smallest absolute Gasteiger partial charge is 0.262 e. The molecule has 2 aliphatic rings. The van der Waals surface area contributed by atoms with Gasteiger partial charge in [0.2, 0.25) is 5.96 Å². The molecular weight excluding hydrogens is 344 g/mol. The van der Waals surface area contributed by atoms with Crippen LogP contribution in [0.15, 0.2) is 47.5 Å². The summed E-state index contributed by atoms with van der Waals surface area (Å²) in [6.07, 6.45) is 0. The first-order valence-electron chi connectivity index (χ1n) is 8.76. The van der Waals surface area contributed by atoms with Gasteiger partial charge in [-0.25, -0.2) is 0 Å². The van der Waals surface area contributed by atoms with Crippen LogP contribution >= 0.6 is 0 Å². The fourth-order valence-corrected chi connectivity index (χ4v) is 3.29. The Morgan fingerprint density at radius 3 is 2.93 bits per heavy atom. The molecular formula is C20H20N4O3. The van der Waals surface area contributed by atoms with Gasteiger partial charge in [-0.1, -0.05) is 12.1 Å². The van der Waals surface area contributed by atoms with Crippen molar-refractivity contribution in [1.29, 1.82) is 0 Å². The Balaban J connectivity index is 1.47. The molecule has 1 N–H and O–H groups in total. The number of nitrogens with one attached hydrogen (secondary N) is 1. The SMILES string of the molecule is Cc1cccc(OCC(=O)Nc2ccc3c(c2)C(=O)N(C)C2=NCCN23)c1. The van der Waals surface area contributed by atoms with E-state index >= 15 is 0 Å². The molecule has 0 radical (unpaired) electrons. The molecule has 2 aromatic carbocycles. The van der Waals surface area contributed by atoms with Crippen LogP contribution in [0.25, 0.3) is 0 Å². The van der Waals surface area contributed by atoms with E-state index in [2.05, 4.69) is 10.3 Å². The first-order valence-corrected chi connectivity index (χ1v) is 8.76. The van der Waals surface area contributed by atoms with E-state index < -0.39 is 0 Å². The zero-order valence-corrected chi connectivity index (χ0v) is 15.2. The maximum absolute atomic E-state index is 12.6. The van der Waals surface area contributed by atoms with Crippen LogP contribution in [0, 0.1) is 6.92 Å². The molecule has 0 saturated carbocycles. The predicted octanol–water partition coefficient (Wildman–Crippen LogP) is 2.27. The van der Waals surface area contributed by atoms with Crippen molar-refractivity contribution in [3.05, 3.63) is 53.6 Å². The summed E-state index contributed by atoms with van der Waals surface area (Å²) < 4.78 is 5.52. The average molecular weight is 364 g/mol. The minimum atomic E-state index is -0.281. The molecule has 0 bridgehead atoms. The Kier molecular flexibility index (Phi) is 4.27. The number of aryl methyl sites for hydroxylation is 1. The third-order valence-electron chi connectivity index (χ3n) is 4.58. The first kappa shape index (κ1) is 17.1. The summed E-state index contributed by atoms with van der Waals surface area (Å²) in [6.45, 7) is 3.28. The largest absolute Gasteiger partial charge is 0.484 e. The lowest BCUT2D eigenvalue weighted by atomic mass is 10.1. The summed E-state index contributed by atoms with van der Waals surface area (Å²) >= 11 is 0. The van der Waals surface area contributed by atoms with E-state index in [1.54, 1.807) is 24.1 Å². The summed E-state index contributed by atoms with van der Waals surface area (Å²) in [5.74, 6) is 0.912. The lowest BCUT2D eigenvalue weighted by molar-refractivity contribution is -0.118. The van der Waals surface area contributed by atoms with E-state index in [-0.39, 0.29) is 18.4 Å². The molecule has 0 aliphatic carbocycles. The highest BCUT2D eigenvalue weighted by Gasteiger charge is 2.35. The minimum absolute atomic E-state index is 0.0999. The molecule has 2 aliphatic heterocycles. The van der Waals surface area contributed by atoms with Crippen molar-refractivity contribution in [1.82, 2.24) is 4.90 Å². The van der Waals surface area contributed by atoms with Gasteiger partial charge < -0.3 is 15.0 Å². The van der Waals surface area contributed by atoms with Gasteiger partial charge in [-0.3, -0.25) is 19.5 Å². The second-order valence-electron chi connectivity index (χ2n) is 6.58. The number of hydrogen-bond acceptors (Lipinski definition) is 5. The molecule has 0 atom stereocenters. The Morgan fingerprint density at radius 2 is 2.11 bits per heavy atom. The van der Waals surface area contributed by atoms with E-state index in [4.69, 9.17) is 4.74 Å². The van der Waals surface area contributed by atoms with Crippen molar-refractivity contribution < 1.29 is 14.3 Å². The van der Waals surface area contributed by atoms with Crippen molar-refractivity contribution in [2.24, 2.45) is 4.99 Å². The monoisotopic (exact) mass is 364 g/mol. The number of benzene rings is 2. The standard InChI is InChI=1S/C20H20N4O3/c1-13-4-3-5-15(10-13)27-12-18(25)22-14-6-7-17-16(11-14)19(26)23(2)20-21-8-9-24(17)20/h3-7,10-11H,8-9,12H2,1-2H3,(H,22,25). The molecule has 0 aromatic heterocycles. The topological polar surface area (TPSA) is 74.2 Å². The minimum Gasteiger partial charge on any atom is -0.484 e. The zero-order chi connectivity index (χ0) is 19.0. The summed E-state index contributed by atoms with van der Waals surface area (Å²) in [7, 11) is 1.71. The van der Waals surface area contributed by atoms with Crippen molar-refractivity contribution in [2.75, 3.05) is 37.0 Å². The molecule has 0 saturated heterocycles. The number of ether oxygens (including phenoxy) is 1. The number of carbonyl (C=O) groups is 2. The highest BCUT2D eigenvalue weighted by molar-refractivity contribution is 6.19. The molecule has 2 amide bonds. The lowest BCUT2D eigenvalue weighted by Gasteiger charge is -2.33. The van der Waals surface area contributed by atoms with E-state index in [0.29, 0.717) is 29.5 Å². The van der Waals surface area contributed by atoms with Crippen molar-refractivity contribution in [2.45, 2.75) is 6.92 Å². The van der Waals surface area contributed by atoms with Gasteiger partial charge in [0.05, 0.1) is 17.8 Å². The molecule has 27 heavy (non-hydrogen) atoms. The molecule has 0 fully saturated rings. The Bertz CT molecular complexity index is 954. The van der Waals surface area contributed by atoms with Gasteiger partial charge in [0, 0.05) is 19.3 Å². The van der Waals surface area contributed by atoms with Crippen LogP contribution in [-0.4, -0.2) is 49.4 Å². The first-order chi connectivity index (χ1) is 13.0. The van der Waals surface area contributed by atoms with Gasteiger partial charge in [0.15, 0.2) is 6.61 Å². The molecule has 4 rings (SSSR count). The van der Waals surface area contributed by atoms with Crippen molar-refractivity contribution >= 4 is 29.1 Å². The van der Waals surface area contributed by atoms with Crippen LogP contribution in [0.1, 0.15) is 15.9 Å². The van der Waals surface area contributed by atoms with Crippen LogP contribution in [-0.2, 0) is 4.79 Å². The molecule has 0 spiro atoms. The number of guanidine groups is 1. The van der Waals surface area contributed by atoms with Gasteiger partial charge in [0.25, 0.3) is 11.8 Å². The van der Waals surface area contributed by atoms with Crippen LogP contribution in [0.2, 0.25) is 0 Å². The van der Waals surface area contributed by atoms with E-state index in [1.807, 2.05) is 42.2 Å². The van der Waals surface area contributed by atoms with Crippen LogP contribution in [0.3, 0.4) is 0 Å². The summed E-state index contributed by atoms with van der Waals surface area (Å²) in [6, 6.07) is 12.9. The maximum Gasteiger partial charge on any atom is 0.262 e. The highest BCUT2D eigenvalue weighted by atomic mass is 16.5. The fourth-order valence-electron chi connectivity index (χ4n) is 3.29. The quantitative estimate of drug-likeness (QED) is 0.903. The second-order valence-corrected chi connectivity index (χ2v) is 6.58. The van der Waals surface area contributed by atoms with Gasteiger partial charge in [-0.2, -0.15) is 0 Å². The Morgan fingerprint density at radius 1 is 1.26 bits per heavy atom. The van der Waals surface area contributed by atoms with E-state index in [9.17, 15) is 9.59 Å². The van der Waals surface area contributed by atoms with E-state index in [1.165, 1.54) is 0 Å². The Hall–Kier alpha value is -3.35. The summed E-state index contributed by atoms with van der Waals surface area (Å²) in [5.41, 5.74) is 3.00. The van der Waals surface area contributed by atoms with Gasteiger partial charge in [-0.15, -0.1) is 0 Å². The Labute approximate surface area is 157 Å². The van der Waals surface area contributed by atoms with Gasteiger partial charge in [0.1, 0.15) is 5.75 Å². The average Bonchev–Trinajstić information content (AvgIpc) is 3.15. The van der Waals surface area contributed by atoms with Gasteiger partial charge >= 0.3 is 0 Å². The van der Waals surface area contributed by atoms with Crippen LogP contribution in [0.5, 0.6) is 5.75 Å². The number of fused-ring (bicyclic) bond motifs is 3. The number of nitrogens with zero attached hydrogens (tertiary/aromatic N) is 3. The van der Waals surface area contributed by atoms with Crippen LogP contribution < -0.4 is 15.0 Å². The maximum atomic E-state index is 12.6. The van der Waals surface area contributed by atoms with Crippen LogP contribution in [0.4, 0.5) is 11.4 Å². The third kappa shape index (κ3) is 3.23. The third-order valence-corrected chi connectivity index (χ3v) is 4.58. The van der Waals surface area contributed by atoms with Gasteiger partial charge in [-0.05, 0) is 42.8 Å². The number of anilines is 2. The fraction of sp³-hybridized carbons (Fsp3) is 0.250. The lowest BCUT2D eigenvalue weighted by Crippen LogP contribution is -2.48. The normalized spacial score (nSPS) is 15.2. The summed E-state index contributed by atoms with van der Waals surface area (Å²) in [4.78, 5) is 32.8.